The third-order valence-corrected chi connectivity index (χ3v) is 2.58. The van der Waals surface area contributed by atoms with Crippen LogP contribution in [0.3, 0.4) is 0 Å². The van der Waals surface area contributed by atoms with Crippen LogP contribution in [0.4, 0.5) is 0 Å². The maximum atomic E-state index is 11.2. The fourth-order valence-corrected chi connectivity index (χ4v) is 1.65. The summed E-state index contributed by atoms with van der Waals surface area (Å²) in [5.41, 5.74) is 8.28. The highest BCUT2D eigenvalue weighted by molar-refractivity contribution is 5.75. The molecule has 0 fully saturated rings. The molecule has 0 aromatic rings. The zero-order chi connectivity index (χ0) is 13.4. The fraction of sp³-hybridized carbons (Fsp3) is 0.417. The zero-order valence-electron chi connectivity index (χ0n) is 10.0. The van der Waals surface area contributed by atoms with Crippen LogP contribution in [0.5, 0.6) is 0 Å². The van der Waals surface area contributed by atoms with Crippen molar-refractivity contribution in [1.29, 1.82) is 0 Å². The summed E-state index contributed by atoms with van der Waals surface area (Å²) in [7, 11) is 0. The molecule has 1 heterocycles. The first kappa shape index (κ1) is 14.0. The molecule has 0 aromatic carbocycles. The van der Waals surface area contributed by atoms with Crippen molar-refractivity contribution < 1.29 is 14.7 Å². The number of hydrogen-bond donors (Lipinski definition) is 3. The van der Waals surface area contributed by atoms with Crippen molar-refractivity contribution in [2.45, 2.75) is 25.7 Å². The molecule has 98 valence electrons. The van der Waals surface area contributed by atoms with E-state index in [0.29, 0.717) is 25.0 Å². The molecule has 6 heteroatoms. The van der Waals surface area contributed by atoms with Crippen molar-refractivity contribution in [3.05, 3.63) is 23.9 Å². The summed E-state index contributed by atoms with van der Waals surface area (Å²) in [4.78, 5) is 21.8. The van der Waals surface area contributed by atoms with Gasteiger partial charge in [0.2, 0.25) is 5.91 Å². The number of carbonyl (C=O) groups is 2. The number of amides is 1. The van der Waals surface area contributed by atoms with E-state index in [2.05, 4.69) is 10.5 Å². The Balaban J connectivity index is 2.52. The van der Waals surface area contributed by atoms with E-state index in [9.17, 15) is 14.7 Å². The van der Waals surface area contributed by atoms with Crippen LogP contribution < -0.4 is 11.2 Å². The summed E-state index contributed by atoms with van der Waals surface area (Å²) in [6.07, 6.45) is 8.67. The molecular formula is C12H17N3O3. The number of carboxylic acids is 1. The second-order valence-corrected chi connectivity index (χ2v) is 4.00. The van der Waals surface area contributed by atoms with Crippen LogP contribution in [0.2, 0.25) is 0 Å². The Morgan fingerprint density at radius 1 is 1.39 bits per heavy atom. The summed E-state index contributed by atoms with van der Waals surface area (Å²) in [6, 6.07) is 0. The second kappa shape index (κ2) is 7.26. The van der Waals surface area contributed by atoms with Crippen molar-refractivity contribution in [3.8, 4) is 0 Å². The van der Waals surface area contributed by atoms with Crippen LogP contribution in [0, 0.1) is 5.92 Å². The van der Waals surface area contributed by atoms with Crippen LogP contribution in [0.15, 0.2) is 29.0 Å². The third-order valence-electron chi connectivity index (χ3n) is 2.58. The molecule has 1 aliphatic rings. The Kier molecular flexibility index (Phi) is 5.63. The van der Waals surface area contributed by atoms with E-state index in [1.165, 1.54) is 0 Å². The quantitative estimate of drug-likeness (QED) is 0.581. The summed E-state index contributed by atoms with van der Waals surface area (Å²) in [5.74, 6) is -1.91. The Hall–Kier alpha value is -2.11. The third kappa shape index (κ3) is 4.82. The smallest absolute Gasteiger partial charge is 0.312 e. The van der Waals surface area contributed by atoms with Gasteiger partial charge in [-0.05, 0) is 25.0 Å². The van der Waals surface area contributed by atoms with Crippen LogP contribution in [-0.4, -0.2) is 23.2 Å². The van der Waals surface area contributed by atoms with E-state index < -0.39 is 11.9 Å². The van der Waals surface area contributed by atoms with Gasteiger partial charge in [-0.3, -0.25) is 15.0 Å². The highest BCUT2D eigenvalue weighted by atomic mass is 16.4. The summed E-state index contributed by atoms with van der Waals surface area (Å²) in [6.45, 7) is 0. The van der Waals surface area contributed by atoms with Gasteiger partial charge in [0.05, 0.1) is 5.92 Å². The molecular weight excluding hydrogens is 234 g/mol. The number of hydrazone groups is 1. The van der Waals surface area contributed by atoms with Gasteiger partial charge in [0.1, 0.15) is 0 Å². The summed E-state index contributed by atoms with van der Waals surface area (Å²) >= 11 is 0. The minimum absolute atomic E-state index is 0.289. The van der Waals surface area contributed by atoms with Gasteiger partial charge < -0.3 is 10.8 Å². The van der Waals surface area contributed by atoms with Gasteiger partial charge in [-0.25, -0.2) is 0 Å². The monoisotopic (exact) mass is 251 g/mol. The highest BCUT2D eigenvalue weighted by Gasteiger charge is 2.21. The molecule has 1 aliphatic heterocycles. The van der Waals surface area contributed by atoms with E-state index in [4.69, 9.17) is 5.73 Å². The Labute approximate surface area is 105 Å². The lowest BCUT2D eigenvalue weighted by molar-refractivity contribution is -0.140. The average Bonchev–Trinajstić information content (AvgIpc) is 2.56. The van der Waals surface area contributed by atoms with Crippen molar-refractivity contribution >= 4 is 18.1 Å². The number of carbonyl (C=O) groups excluding carboxylic acids is 1. The van der Waals surface area contributed by atoms with Gasteiger partial charge in [-0.2, -0.15) is 5.10 Å². The van der Waals surface area contributed by atoms with Crippen molar-refractivity contribution in [3.63, 3.8) is 0 Å². The first-order valence-electron chi connectivity index (χ1n) is 5.78. The highest BCUT2D eigenvalue weighted by Crippen LogP contribution is 2.18. The first-order valence-corrected chi connectivity index (χ1v) is 5.78. The Bertz CT molecular complexity index is 399. The Morgan fingerprint density at radius 2 is 2.17 bits per heavy atom. The predicted molar refractivity (Wildman–Crippen MR) is 67.6 cm³/mol. The average molecular weight is 251 g/mol. The molecule has 0 radical (unpaired) electrons. The summed E-state index contributed by atoms with van der Waals surface area (Å²) < 4.78 is 0. The van der Waals surface area contributed by atoms with Gasteiger partial charge in [0, 0.05) is 18.3 Å². The first-order chi connectivity index (χ1) is 8.61. The lowest BCUT2D eigenvalue weighted by Gasteiger charge is -2.14. The molecule has 1 amide bonds. The van der Waals surface area contributed by atoms with Crippen LogP contribution in [0.1, 0.15) is 25.7 Å². The minimum Gasteiger partial charge on any atom is -0.481 e. The maximum Gasteiger partial charge on any atom is 0.312 e. The van der Waals surface area contributed by atoms with E-state index >= 15 is 0 Å². The lowest BCUT2D eigenvalue weighted by atomic mass is 9.97. The molecule has 4 N–H and O–H groups in total. The topological polar surface area (TPSA) is 105 Å². The van der Waals surface area contributed by atoms with Gasteiger partial charge in [0.25, 0.3) is 0 Å². The molecule has 0 bridgehead atoms. The molecule has 1 rings (SSSR count). The van der Waals surface area contributed by atoms with E-state index in [-0.39, 0.29) is 12.3 Å². The van der Waals surface area contributed by atoms with Crippen molar-refractivity contribution in [2.24, 2.45) is 16.8 Å². The number of carboxylic acid groups (broad SMARTS) is 1. The number of unbranched alkanes of at least 4 members (excludes halogenated alkanes) is 1. The van der Waals surface area contributed by atoms with E-state index in [1.807, 2.05) is 0 Å². The normalized spacial score (nSPS) is 15.4. The predicted octanol–water partition coefficient (Wildman–Crippen LogP) is 0.762. The molecule has 1 unspecified atom stereocenters. The van der Waals surface area contributed by atoms with Crippen molar-refractivity contribution in [2.75, 3.05) is 0 Å². The van der Waals surface area contributed by atoms with E-state index in [0.717, 1.165) is 0 Å². The number of rotatable bonds is 7. The molecule has 0 aliphatic carbocycles. The molecule has 1 atom stereocenters. The zero-order valence-corrected chi connectivity index (χ0v) is 10.0. The van der Waals surface area contributed by atoms with Gasteiger partial charge in [-0.1, -0.05) is 12.5 Å². The number of nitrogens with zero attached hydrogens (tertiary/aromatic N) is 1. The molecule has 18 heavy (non-hydrogen) atoms. The largest absolute Gasteiger partial charge is 0.481 e. The van der Waals surface area contributed by atoms with Gasteiger partial charge in [0.15, 0.2) is 0 Å². The maximum absolute atomic E-state index is 11.2. The van der Waals surface area contributed by atoms with Gasteiger partial charge >= 0.3 is 5.97 Å². The van der Waals surface area contributed by atoms with E-state index in [1.54, 1.807) is 24.4 Å². The lowest BCUT2D eigenvalue weighted by Crippen LogP contribution is -2.23. The molecule has 0 spiro atoms. The number of nitrogens with one attached hydrogen (secondary N) is 1. The molecule has 6 nitrogen and oxygen atoms in total. The van der Waals surface area contributed by atoms with Crippen LogP contribution in [-0.2, 0) is 9.59 Å². The number of primary amides is 1. The second-order valence-electron chi connectivity index (χ2n) is 4.00. The van der Waals surface area contributed by atoms with Crippen LogP contribution >= 0.6 is 0 Å². The molecule has 0 aromatic heterocycles. The Morgan fingerprint density at radius 3 is 2.83 bits per heavy atom. The summed E-state index contributed by atoms with van der Waals surface area (Å²) in [5, 5.41) is 13.0. The number of aliphatic carboxylic acids is 1. The van der Waals surface area contributed by atoms with Gasteiger partial charge in [-0.15, -0.1) is 0 Å². The molecule has 0 saturated heterocycles. The molecule has 0 saturated carbocycles. The SMILES string of the molecule is NC(=O)CCCCC(C(=O)O)C1=CC=CC=NN1. The minimum atomic E-state index is -0.904. The number of nitrogens with two attached hydrogens (primary N) is 1. The standard InChI is InChI=1S/C12H17N3O3/c13-11(16)7-2-1-5-9(12(17)18)10-6-3-4-8-14-15-10/h3-4,6,8-9,15H,1-2,5,7H2,(H2,13,16)(H,17,18). The van der Waals surface area contributed by atoms with Crippen molar-refractivity contribution in [1.82, 2.24) is 5.43 Å². The fourth-order valence-electron chi connectivity index (χ4n) is 1.65. The number of hydrogen-bond acceptors (Lipinski definition) is 4. The number of allylic oxidation sites excluding steroid dienone is 3. The van der Waals surface area contributed by atoms with Crippen LogP contribution in [0.25, 0.3) is 0 Å².